The lowest BCUT2D eigenvalue weighted by molar-refractivity contribution is 0.102. The SMILES string of the molecule is COc1ccc(Nc2cc(C(=O)Nc3ccc(N(C)C)cc3)ccn2)cc1OC. The van der Waals surface area contributed by atoms with Crippen molar-refractivity contribution >= 4 is 28.8 Å². The van der Waals surface area contributed by atoms with Crippen molar-refractivity contribution in [3.63, 3.8) is 0 Å². The fourth-order valence-corrected chi connectivity index (χ4v) is 2.75. The second kappa shape index (κ2) is 8.97. The smallest absolute Gasteiger partial charge is 0.255 e. The first-order chi connectivity index (χ1) is 14.0. The van der Waals surface area contributed by atoms with Crippen LogP contribution >= 0.6 is 0 Å². The Balaban J connectivity index is 1.72. The van der Waals surface area contributed by atoms with Gasteiger partial charge >= 0.3 is 0 Å². The highest BCUT2D eigenvalue weighted by Crippen LogP contribution is 2.30. The highest BCUT2D eigenvalue weighted by Gasteiger charge is 2.09. The third kappa shape index (κ3) is 4.95. The summed E-state index contributed by atoms with van der Waals surface area (Å²) in [5.74, 6) is 1.58. The van der Waals surface area contributed by atoms with E-state index in [1.807, 2.05) is 49.3 Å². The first kappa shape index (κ1) is 20.0. The molecule has 0 aliphatic heterocycles. The fraction of sp³-hybridized carbons (Fsp3) is 0.182. The summed E-state index contributed by atoms with van der Waals surface area (Å²) in [7, 11) is 7.10. The van der Waals surface area contributed by atoms with Crippen LogP contribution in [0.5, 0.6) is 11.5 Å². The van der Waals surface area contributed by atoms with Crippen LogP contribution in [0.1, 0.15) is 10.4 Å². The van der Waals surface area contributed by atoms with E-state index in [2.05, 4.69) is 15.6 Å². The molecule has 0 radical (unpaired) electrons. The average molecular weight is 392 g/mol. The second-order valence-corrected chi connectivity index (χ2v) is 6.52. The molecule has 0 atom stereocenters. The van der Waals surface area contributed by atoms with Gasteiger partial charge in [0.05, 0.1) is 14.2 Å². The molecule has 1 heterocycles. The third-order valence-electron chi connectivity index (χ3n) is 4.32. The molecule has 1 amide bonds. The standard InChI is InChI=1S/C22H24N4O3/c1-26(2)18-8-5-16(6-9-18)25-22(27)15-11-12-23-21(13-15)24-17-7-10-19(28-3)20(14-17)29-4/h5-14H,1-4H3,(H,23,24)(H,25,27). The molecule has 0 saturated carbocycles. The van der Waals surface area contributed by atoms with E-state index in [4.69, 9.17) is 9.47 Å². The normalized spacial score (nSPS) is 10.2. The van der Waals surface area contributed by atoms with Crippen LogP contribution in [-0.4, -0.2) is 39.2 Å². The third-order valence-corrected chi connectivity index (χ3v) is 4.32. The summed E-state index contributed by atoms with van der Waals surface area (Å²) in [5.41, 5.74) is 3.06. The zero-order valence-corrected chi connectivity index (χ0v) is 16.9. The van der Waals surface area contributed by atoms with Gasteiger partial charge in [0.25, 0.3) is 5.91 Å². The Hall–Kier alpha value is -3.74. The number of amides is 1. The van der Waals surface area contributed by atoms with E-state index < -0.39 is 0 Å². The molecule has 0 bridgehead atoms. The summed E-state index contributed by atoms with van der Waals surface area (Å²) in [6.45, 7) is 0. The van der Waals surface area contributed by atoms with E-state index in [1.54, 1.807) is 44.7 Å². The molecule has 3 rings (SSSR count). The summed E-state index contributed by atoms with van der Waals surface area (Å²) < 4.78 is 10.6. The predicted molar refractivity (Wildman–Crippen MR) is 116 cm³/mol. The molecule has 2 aromatic carbocycles. The molecule has 7 nitrogen and oxygen atoms in total. The molecular weight excluding hydrogens is 368 g/mol. The fourth-order valence-electron chi connectivity index (χ4n) is 2.75. The van der Waals surface area contributed by atoms with Gasteiger partial charge in [-0.25, -0.2) is 4.98 Å². The van der Waals surface area contributed by atoms with E-state index in [-0.39, 0.29) is 5.91 Å². The molecule has 2 N–H and O–H groups in total. The maximum atomic E-state index is 12.6. The lowest BCUT2D eigenvalue weighted by Crippen LogP contribution is -2.13. The number of methoxy groups -OCH3 is 2. The Bertz CT molecular complexity index is 988. The number of carbonyl (C=O) groups is 1. The van der Waals surface area contributed by atoms with E-state index in [0.29, 0.717) is 22.9 Å². The van der Waals surface area contributed by atoms with Gasteiger partial charge in [-0.3, -0.25) is 4.79 Å². The Morgan fingerprint density at radius 3 is 2.24 bits per heavy atom. The van der Waals surface area contributed by atoms with Crippen molar-refractivity contribution in [2.24, 2.45) is 0 Å². The number of rotatable bonds is 7. The topological polar surface area (TPSA) is 75.7 Å². The number of carbonyl (C=O) groups excluding carboxylic acids is 1. The molecule has 3 aromatic rings. The molecule has 150 valence electrons. The summed E-state index contributed by atoms with van der Waals surface area (Å²) in [6.07, 6.45) is 1.59. The quantitative estimate of drug-likeness (QED) is 0.629. The first-order valence-electron chi connectivity index (χ1n) is 9.04. The number of benzene rings is 2. The zero-order valence-electron chi connectivity index (χ0n) is 16.9. The molecule has 0 aliphatic rings. The van der Waals surface area contributed by atoms with Crippen molar-refractivity contribution in [3.05, 3.63) is 66.4 Å². The number of nitrogens with one attached hydrogen (secondary N) is 2. The summed E-state index contributed by atoms with van der Waals surface area (Å²) >= 11 is 0. The largest absolute Gasteiger partial charge is 0.493 e. The highest BCUT2D eigenvalue weighted by molar-refractivity contribution is 6.04. The van der Waals surface area contributed by atoms with Crippen LogP contribution in [0.25, 0.3) is 0 Å². The Kier molecular flexibility index (Phi) is 6.19. The number of hydrogen-bond acceptors (Lipinski definition) is 6. The van der Waals surface area contributed by atoms with Gasteiger partial charge in [-0.05, 0) is 48.5 Å². The van der Waals surface area contributed by atoms with Crippen molar-refractivity contribution in [2.45, 2.75) is 0 Å². The molecule has 0 unspecified atom stereocenters. The van der Waals surface area contributed by atoms with Gasteiger partial charge in [-0.2, -0.15) is 0 Å². The van der Waals surface area contributed by atoms with Gasteiger partial charge in [0.15, 0.2) is 11.5 Å². The number of aromatic nitrogens is 1. The lowest BCUT2D eigenvalue weighted by atomic mass is 10.2. The molecule has 0 aliphatic carbocycles. The van der Waals surface area contributed by atoms with Crippen molar-refractivity contribution in [3.8, 4) is 11.5 Å². The number of ether oxygens (including phenoxy) is 2. The molecule has 0 fully saturated rings. The van der Waals surface area contributed by atoms with E-state index >= 15 is 0 Å². The lowest BCUT2D eigenvalue weighted by Gasteiger charge is -2.13. The second-order valence-electron chi connectivity index (χ2n) is 6.52. The highest BCUT2D eigenvalue weighted by atomic mass is 16.5. The van der Waals surface area contributed by atoms with Gasteiger partial charge < -0.3 is 25.0 Å². The number of hydrogen-bond donors (Lipinski definition) is 2. The number of pyridine rings is 1. The van der Waals surface area contributed by atoms with E-state index in [0.717, 1.165) is 17.1 Å². The van der Waals surface area contributed by atoms with E-state index in [1.165, 1.54) is 0 Å². The molecule has 7 heteroatoms. The van der Waals surface area contributed by atoms with Crippen LogP contribution in [0.2, 0.25) is 0 Å². The Labute approximate surface area is 170 Å². The van der Waals surface area contributed by atoms with Gasteiger partial charge in [0.1, 0.15) is 5.82 Å². The van der Waals surface area contributed by atoms with Crippen LogP contribution in [0.15, 0.2) is 60.8 Å². The Morgan fingerprint density at radius 2 is 1.59 bits per heavy atom. The van der Waals surface area contributed by atoms with Crippen LogP contribution in [0, 0.1) is 0 Å². The number of anilines is 4. The number of nitrogens with zero attached hydrogens (tertiary/aromatic N) is 2. The Morgan fingerprint density at radius 1 is 0.897 bits per heavy atom. The van der Waals surface area contributed by atoms with Gasteiger partial charge in [-0.15, -0.1) is 0 Å². The monoisotopic (exact) mass is 392 g/mol. The molecule has 1 aromatic heterocycles. The summed E-state index contributed by atoms with van der Waals surface area (Å²) in [4.78, 5) is 18.9. The zero-order chi connectivity index (χ0) is 20.8. The average Bonchev–Trinajstić information content (AvgIpc) is 2.74. The van der Waals surface area contributed by atoms with Crippen molar-refractivity contribution in [2.75, 3.05) is 43.8 Å². The summed E-state index contributed by atoms with van der Waals surface area (Å²) in [5, 5.41) is 6.08. The predicted octanol–water partition coefficient (Wildman–Crippen LogP) is 4.16. The van der Waals surface area contributed by atoms with Crippen molar-refractivity contribution in [1.82, 2.24) is 4.98 Å². The molecule has 0 saturated heterocycles. The minimum Gasteiger partial charge on any atom is -0.493 e. The maximum absolute atomic E-state index is 12.6. The van der Waals surface area contributed by atoms with Crippen molar-refractivity contribution < 1.29 is 14.3 Å². The minimum absolute atomic E-state index is 0.208. The minimum atomic E-state index is -0.208. The van der Waals surface area contributed by atoms with Crippen LogP contribution in [-0.2, 0) is 0 Å². The van der Waals surface area contributed by atoms with E-state index in [9.17, 15) is 4.79 Å². The molecular formula is C22H24N4O3. The molecule has 29 heavy (non-hydrogen) atoms. The van der Waals surface area contributed by atoms with Crippen LogP contribution in [0.4, 0.5) is 22.9 Å². The van der Waals surface area contributed by atoms with Crippen LogP contribution < -0.4 is 25.0 Å². The van der Waals surface area contributed by atoms with Gasteiger partial charge in [-0.1, -0.05) is 0 Å². The summed E-state index contributed by atoms with van der Waals surface area (Å²) in [6, 6.07) is 16.5. The molecule has 0 spiro atoms. The van der Waals surface area contributed by atoms with Crippen molar-refractivity contribution in [1.29, 1.82) is 0 Å². The van der Waals surface area contributed by atoms with Gasteiger partial charge in [0.2, 0.25) is 0 Å². The maximum Gasteiger partial charge on any atom is 0.255 e. The first-order valence-corrected chi connectivity index (χ1v) is 9.04. The van der Waals surface area contributed by atoms with Crippen LogP contribution in [0.3, 0.4) is 0 Å². The van der Waals surface area contributed by atoms with Gasteiger partial charge in [0, 0.05) is 49.0 Å².